The zero-order valence-electron chi connectivity index (χ0n) is 17.2. The number of amides is 1. The zero-order chi connectivity index (χ0) is 19.4. The van der Waals surface area contributed by atoms with Crippen molar-refractivity contribution < 1.29 is 14.3 Å². The number of nitrogens with one attached hydrogen (secondary N) is 1. The molecule has 0 aromatic heterocycles. The van der Waals surface area contributed by atoms with Gasteiger partial charge in [0.2, 0.25) is 5.91 Å². The van der Waals surface area contributed by atoms with Crippen LogP contribution in [0.25, 0.3) is 0 Å². The lowest BCUT2D eigenvalue weighted by Gasteiger charge is -2.53. The first-order chi connectivity index (χ1) is 12.8. The van der Waals surface area contributed by atoms with Gasteiger partial charge < -0.3 is 14.8 Å². The summed E-state index contributed by atoms with van der Waals surface area (Å²) in [4.78, 5) is 12.0. The lowest BCUT2D eigenvalue weighted by Crippen LogP contribution is -2.58. The van der Waals surface area contributed by atoms with E-state index in [0.717, 1.165) is 18.8 Å². The third-order valence-corrected chi connectivity index (χ3v) is 7.44. The van der Waals surface area contributed by atoms with Crippen molar-refractivity contribution in [1.29, 1.82) is 0 Å². The molecule has 27 heavy (non-hydrogen) atoms. The summed E-state index contributed by atoms with van der Waals surface area (Å²) in [5.41, 5.74) is 1.44. The summed E-state index contributed by atoms with van der Waals surface area (Å²) in [5, 5.41) is 3.35. The number of benzene rings is 1. The van der Waals surface area contributed by atoms with Crippen LogP contribution < -0.4 is 10.1 Å². The number of para-hydroxylation sites is 1. The Kier molecular flexibility index (Phi) is 4.53. The number of fused-ring (bicyclic) bond motifs is 1. The molecule has 1 aromatic carbocycles. The highest BCUT2D eigenvalue weighted by Crippen LogP contribution is 2.70. The van der Waals surface area contributed by atoms with Crippen molar-refractivity contribution in [2.45, 2.75) is 72.1 Å². The predicted octanol–water partition coefficient (Wildman–Crippen LogP) is 4.49. The van der Waals surface area contributed by atoms with Crippen molar-refractivity contribution in [2.75, 3.05) is 6.61 Å². The van der Waals surface area contributed by atoms with Gasteiger partial charge in [-0.15, -0.1) is 0 Å². The second kappa shape index (κ2) is 6.51. The molecule has 4 rings (SSSR count). The molecule has 148 valence electrons. The monoisotopic (exact) mass is 371 g/mol. The van der Waals surface area contributed by atoms with Gasteiger partial charge in [0.25, 0.3) is 0 Å². The molecule has 3 fully saturated rings. The summed E-state index contributed by atoms with van der Waals surface area (Å²) in [6.45, 7) is 11.2. The molecule has 1 N–H and O–H groups in total. The number of ether oxygens (including phenoxy) is 2. The standard InChI is InChI=1S/C23H33NO3/c1-14(2)27-19-9-7-6-8-17(19)20-18-12-16-13-23(18,10-11-26-20)21(22(16,4)5)24-15(3)25/h6-9,14,16,18,20-21H,10-13H2,1-5H3,(H,24,25)/t16-,18-,20-,21-,23?/m1/s1. The molecule has 5 atom stereocenters. The first kappa shape index (κ1) is 18.8. The summed E-state index contributed by atoms with van der Waals surface area (Å²) in [6, 6.07) is 8.55. The minimum atomic E-state index is 0.0473. The molecule has 2 aliphatic carbocycles. The molecule has 1 saturated heterocycles. The average Bonchev–Trinajstić information content (AvgIpc) is 3.08. The first-order valence-corrected chi connectivity index (χ1v) is 10.4. The Bertz CT molecular complexity index is 728. The van der Waals surface area contributed by atoms with Crippen molar-refractivity contribution in [3.05, 3.63) is 29.8 Å². The fourth-order valence-corrected chi connectivity index (χ4v) is 6.38. The third-order valence-electron chi connectivity index (χ3n) is 7.44. The molecule has 3 aliphatic rings. The van der Waals surface area contributed by atoms with Gasteiger partial charge in [0.05, 0.1) is 12.2 Å². The highest BCUT2D eigenvalue weighted by molar-refractivity contribution is 5.73. The molecule has 0 radical (unpaired) electrons. The number of hydrogen-bond donors (Lipinski definition) is 1. The minimum Gasteiger partial charge on any atom is -0.491 e. The summed E-state index contributed by atoms with van der Waals surface area (Å²) in [5.74, 6) is 2.08. The van der Waals surface area contributed by atoms with E-state index < -0.39 is 0 Å². The van der Waals surface area contributed by atoms with Crippen LogP contribution in [0.5, 0.6) is 5.75 Å². The average molecular weight is 372 g/mol. The smallest absolute Gasteiger partial charge is 0.217 e. The van der Waals surface area contributed by atoms with Crippen molar-refractivity contribution in [2.24, 2.45) is 22.7 Å². The molecule has 1 heterocycles. The van der Waals surface area contributed by atoms with Gasteiger partial charge in [-0.1, -0.05) is 32.0 Å². The minimum absolute atomic E-state index is 0.0473. The van der Waals surface area contributed by atoms with E-state index in [1.807, 2.05) is 6.07 Å². The summed E-state index contributed by atoms with van der Waals surface area (Å²) < 4.78 is 12.5. The maximum absolute atomic E-state index is 12.0. The van der Waals surface area contributed by atoms with Crippen LogP contribution in [-0.2, 0) is 9.53 Å². The molecular formula is C23H33NO3. The second-order valence-electron chi connectivity index (χ2n) is 9.68. The van der Waals surface area contributed by atoms with Crippen LogP contribution in [0.2, 0.25) is 0 Å². The van der Waals surface area contributed by atoms with E-state index in [1.165, 1.54) is 18.4 Å². The molecule has 4 nitrogen and oxygen atoms in total. The number of carbonyl (C=O) groups is 1. The van der Waals surface area contributed by atoms with Crippen LogP contribution in [0.4, 0.5) is 0 Å². The quantitative estimate of drug-likeness (QED) is 0.848. The van der Waals surface area contributed by atoms with E-state index in [0.29, 0.717) is 11.8 Å². The van der Waals surface area contributed by atoms with Crippen molar-refractivity contribution in [3.63, 3.8) is 0 Å². The highest BCUT2D eigenvalue weighted by Gasteiger charge is 2.68. The predicted molar refractivity (Wildman–Crippen MR) is 106 cm³/mol. The van der Waals surface area contributed by atoms with Crippen LogP contribution in [0.3, 0.4) is 0 Å². The fourth-order valence-electron chi connectivity index (χ4n) is 6.38. The molecule has 1 spiro atoms. The molecule has 2 saturated carbocycles. The van der Waals surface area contributed by atoms with Gasteiger partial charge in [-0.25, -0.2) is 0 Å². The topological polar surface area (TPSA) is 47.6 Å². The zero-order valence-corrected chi connectivity index (χ0v) is 17.2. The van der Waals surface area contributed by atoms with Crippen molar-refractivity contribution >= 4 is 5.91 Å². The van der Waals surface area contributed by atoms with Gasteiger partial charge in [-0.2, -0.15) is 0 Å². The lowest BCUT2D eigenvalue weighted by molar-refractivity contribution is -0.136. The maximum atomic E-state index is 12.0. The molecule has 1 amide bonds. The SMILES string of the molecule is CC(=O)N[C@@H]1C(C)(C)[C@@H]2C[C@@H]3[C@@H](c4ccccc4OC(C)C)OCCC31C2. The molecule has 2 bridgehead atoms. The van der Waals surface area contributed by atoms with Crippen LogP contribution in [0, 0.1) is 22.7 Å². The molecule has 1 unspecified atom stereocenters. The van der Waals surface area contributed by atoms with Gasteiger partial charge >= 0.3 is 0 Å². The van der Waals surface area contributed by atoms with E-state index >= 15 is 0 Å². The van der Waals surface area contributed by atoms with Crippen LogP contribution in [-0.4, -0.2) is 24.7 Å². The van der Waals surface area contributed by atoms with Crippen molar-refractivity contribution in [3.8, 4) is 5.75 Å². The van der Waals surface area contributed by atoms with E-state index in [2.05, 4.69) is 51.2 Å². The molecule has 1 aliphatic heterocycles. The Labute approximate surface area is 163 Å². The van der Waals surface area contributed by atoms with E-state index in [-0.39, 0.29) is 35.0 Å². The highest BCUT2D eigenvalue weighted by atomic mass is 16.5. The van der Waals surface area contributed by atoms with Gasteiger partial charge in [-0.05, 0) is 61.8 Å². The van der Waals surface area contributed by atoms with E-state index in [4.69, 9.17) is 9.47 Å². The summed E-state index contributed by atoms with van der Waals surface area (Å²) >= 11 is 0. The van der Waals surface area contributed by atoms with Crippen LogP contribution in [0.1, 0.15) is 65.5 Å². The molecular weight excluding hydrogens is 338 g/mol. The third kappa shape index (κ3) is 2.88. The van der Waals surface area contributed by atoms with Crippen LogP contribution in [0.15, 0.2) is 24.3 Å². The Hall–Kier alpha value is -1.55. The van der Waals surface area contributed by atoms with Gasteiger partial charge in [-0.3, -0.25) is 4.79 Å². The Morgan fingerprint density at radius 1 is 1.30 bits per heavy atom. The lowest BCUT2D eigenvalue weighted by atomic mass is 9.58. The van der Waals surface area contributed by atoms with Gasteiger partial charge in [0.15, 0.2) is 0 Å². The Morgan fingerprint density at radius 3 is 2.74 bits per heavy atom. The van der Waals surface area contributed by atoms with Crippen LogP contribution >= 0.6 is 0 Å². The second-order valence-corrected chi connectivity index (χ2v) is 9.68. The Morgan fingerprint density at radius 2 is 2.04 bits per heavy atom. The molecule has 1 aromatic rings. The first-order valence-electron chi connectivity index (χ1n) is 10.4. The normalized spacial score (nSPS) is 36.5. The van der Waals surface area contributed by atoms with Gasteiger partial charge in [0, 0.05) is 25.1 Å². The fraction of sp³-hybridized carbons (Fsp3) is 0.696. The van der Waals surface area contributed by atoms with E-state index in [1.54, 1.807) is 6.92 Å². The maximum Gasteiger partial charge on any atom is 0.217 e. The number of rotatable bonds is 4. The largest absolute Gasteiger partial charge is 0.491 e. The number of carbonyl (C=O) groups excluding carboxylic acids is 1. The molecule has 4 heteroatoms. The number of hydrogen-bond acceptors (Lipinski definition) is 3. The summed E-state index contributed by atoms with van der Waals surface area (Å²) in [6.07, 6.45) is 3.58. The summed E-state index contributed by atoms with van der Waals surface area (Å²) in [7, 11) is 0. The van der Waals surface area contributed by atoms with Crippen molar-refractivity contribution in [1.82, 2.24) is 5.32 Å². The Balaban J connectivity index is 1.71. The van der Waals surface area contributed by atoms with E-state index in [9.17, 15) is 4.79 Å². The van der Waals surface area contributed by atoms with Gasteiger partial charge in [0.1, 0.15) is 5.75 Å².